The number of pyridine rings is 1. The topological polar surface area (TPSA) is 83.0 Å². The Hall–Kier alpha value is -1.75. The Morgan fingerprint density at radius 2 is 1.82 bits per heavy atom. The third-order valence-electron chi connectivity index (χ3n) is 5.53. The minimum Gasteiger partial charge on any atom is -0.380 e. The molecule has 0 aliphatic rings. The highest BCUT2D eigenvalue weighted by atomic mass is 35.5. The number of halogens is 4. The third-order valence-corrected chi connectivity index (χ3v) is 7.57. The average Bonchev–Trinajstić information content (AvgIpc) is 3.06. The molecule has 0 amide bonds. The second-order valence-electron chi connectivity index (χ2n) is 8.76. The molecule has 0 aliphatic carbocycles. The number of fused-ring (bicyclic) bond motifs is 1. The zero-order valence-corrected chi connectivity index (χ0v) is 20.8. The number of alkyl halides is 3. The Bertz CT molecular complexity index is 1290. The number of H-pyrrole nitrogens is 1. The number of aromatic amines is 1. The van der Waals surface area contributed by atoms with Gasteiger partial charge in [-0.25, -0.2) is 13.4 Å². The van der Waals surface area contributed by atoms with Crippen molar-refractivity contribution in [1.29, 1.82) is 0 Å². The highest BCUT2D eigenvalue weighted by Gasteiger charge is 2.56. The summed E-state index contributed by atoms with van der Waals surface area (Å²) in [6.07, 6.45) is -3.70. The summed E-state index contributed by atoms with van der Waals surface area (Å²) in [5.41, 5.74) is -3.19. The van der Waals surface area contributed by atoms with Crippen molar-refractivity contribution in [3.8, 4) is 0 Å². The first-order valence-corrected chi connectivity index (χ1v) is 13.4. The van der Waals surface area contributed by atoms with Gasteiger partial charge >= 0.3 is 6.18 Å². The Morgan fingerprint density at radius 1 is 1.15 bits per heavy atom. The molecule has 0 aliphatic heterocycles. The largest absolute Gasteiger partial charge is 0.417 e. The van der Waals surface area contributed by atoms with Crippen LogP contribution in [0.3, 0.4) is 0 Å². The molecule has 0 saturated heterocycles. The van der Waals surface area contributed by atoms with Crippen LogP contribution < -0.4 is 0 Å². The molecule has 0 fully saturated rings. The van der Waals surface area contributed by atoms with Crippen molar-refractivity contribution in [2.45, 2.75) is 53.8 Å². The van der Waals surface area contributed by atoms with Gasteiger partial charge in [-0.2, -0.15) is 13.2 Å². The summed E-state index contributed by atoms with van der Waals surface area (Å²) in [6, 6.07) is 8.93. The zero-order valence-electron chi connectivity index (χ0n) is 18.4. The van der Waals surface area contributed by atoms with Crippen LogP contribution in [0.5, 0.6) is 0 Å². The van der Waals surface area contributed by atoms with Crippen LogP contribution in [0.25, 0.3) is 11.0 Å². The van der Waals surface area contributed by atoms with E-state index >= 15 is 0 Å². The molecule has 0 bridgehead atoms. The summed E-state index contributed by atoms with van der Waals surface area (Å²) in [6.45, 7) is 2.92. The molecule has 1 unspecified atom stereocenters. The van der Waals surface area contributed by atoms with E-state index in [1.54, 1.807) is 12.1 Å². The van der Waals surface area contributed by atoms with Gasteiger partial charge in [-0.05, 0) is 60.1 Å². The van der Waals surface area contributed by atoms with Gasteiger partial charge in [-0.3, -0.25) is 0 Å². The van der Waals surface area contributed by atoms with Crippen molar-refractivity contribution < 1.29 is 26.7 Å². The lowest BCUT2D eigenvalue weighted by atomic mass is 9.73. The van der Waals surface area contributed by atoms with Gasteiger partial charge in [0, 0.05) is 23.4 Å². The lowest BCUT2D eigenvalue weighted by Gasteiger charge is -2.38. The first-order chi connectivity index (χ1) is 15.1. The molecule has 2 aromatic heterocycles. The zero-order chi connectivity index (χ0) is 24.8. The quantitative estimate of drug-likeness (QED) is 0.399. The molecule has 1 atom stereocenters. The van der Waals surface area contributed by atoms with Crippen LogP contribution in [0.1, 0.15) is 31.5 Å². The molecule has 0 saturated carbocycles. The van der Waals surface area contributed by atoms with Gasteiger partial charge in [0.05, 0.1) is 21.0 Å². The van der Waals surface area contributed by atoms with Crippen LogP contribution in [0, 0.1) is 0 Å². The summed E-state index contributed by atoms with van der Waals surface area (Å²) < 4.78 is 67.1. The molecule has 1 aromatic carbocycles. The Balaban J connectivity index is 2.04. The first kappa shape index (κ1) is 25.9. The maximum Gasteiger partial charge on any atom is 0.417 e. The normalized spacial score (nSPS) is 15.1. The molecular formula is C22H24ClF3N2O3S2. The van der Waals surface area contributed by atoms with E-state index in [2.05, 4.69) is 9.97 Å². The minimum absolute atomic E-state index is 0.114. The number of thioether (sulfide) groups is 1. The number of benzene rings is 1. The standard InChI is InChI=1S/C22H24ClF3N2O3S2/c1-20(2,15-9-13(23)5-7-18(15)33(4,30)31)12-21(29,22(24,25)26)11-14-10-17-16(27-14)6-8-19(28-17)32-3/h5-10,27,29H,11-12H2,1-4H3. The lowest BCUT2D eigenvalue weighted by Crippen LogP contribution is -2.51. The highest BCUT2D eigenvalue weighted by molar-refractivity contribution is 7.98. The Kier molecular flexibility index (Phi) is 6.89. The van der Waals surface area contributed by atoms with Crippen LogP contribution in [-0.4, -0.2) is 47.8 Å². The minimum atomic E-state index is -4.98. The van der Waals surface area contributed by atoms with Gasteiger partial charge in [0.2, 0.25) is 0 Å². The van der Waals surface area contributed by atoms with Crippen LogP contribution >= 0.6 is 23.4 Å². The fraction of sp³-hybridized carbons (Fsp3) is 0.409. The van der Waals surface area contributed by atoms with Crippen LogP contribution in [0.4, 0.5) is 13.2 Å². The molecular weight excluding hydrogens is 497 g/mol. The van der Waals surface area contributed by atoms with Crippen molar-refractivity contribution in [1.82, 2.24) is 9.97 Å². The number of aromatic nitrogens is 2. The fourth-order valence-electron chi connectivity index (χ4n) is 4.01. The van der Waals surface area contributed by atoms with Crippen molar-refractivity contribution in [2.24, 2.45) is 0 Å². The maximum atomic E-state index is 14.2. The second-order valence-corrected chi connectivity index (χ2v) is 12.0. The number of sulfone groups is 1. The molecule has 0 radical (unpaired) electrons. The van der Waals surface area contributed by atoms with Gasteiger partial charge in [0.15, 0.2) is 15.4 Å². The van der Waals surface area contributed by atoms with E-state index in [-0.39, 0.29) is 21.2 Å². The smallest absolute Gasteiger partial charge is 0.380 e. The van der Waals surface area contributed by atoms with E-state index in [1.165, 1.54) is 49.9 Å². The van der Waals surface area contributed by atoms with Gasteiger partial charge in [0.1, 0.15) is 0 Å². The van der Waals surface area contributed by atoms with E-state index in [4.69, 9.17) is 11.6 Å². The summed E-state index contributed by atoms with van der Waals surface area (Å²) in [4.78, 5) is 7.14. The predicted molar refractivity (Wildman–Crippen MR) is 125 cm³/mol. The molecule has 2 heterocycles. The van der Waals surface area contributed by atoms with Crippen LogP contribution in [0.15, 0.2) is 46.3 Å². The summed E-state index contributed by atoms with van der Waals surface area (Å²) in [7, 11) is -3.75. The van der Waals surface area contributed by atoms with Crippen molar-refractivity contribution in [3.05, 3.63) is 52.7 Å². The molecule has 11 heteroatoms. The number of nitrogens with one attached hydrogen (secondary N) is 1. The Labute approximate surface area is 199 Å². The SMILES string of the molecule is CSc1ccc2[nH]c(CC(O)(CC(C)(C)c3cc(Cl)ccc3S(C)(=O)=O)C(F)(F)F)cc2n1. The number of rotatable bonds is 7. The van der Waals surface area contributed by atoms with Gasteiger partial charge < -0.3 is 10.1 Å². The first-order valence-electron chi connectivity index (χ1n) is 9.88. The van der Waals surface area contributed by atoms with Crippen LogP contribution in [-0.2, 0) is 21.7 Å². The summed E-state index contributed by atoms with van der Waals surface area (Å²) in [5.74, 6) is 0. The number of nitrogens with zero attached hydrogens (tertiary/aromatic N) is 1. The van der Waals surface area contributed by atoms with Crippen molar-refractivity contribution in [2.75, 3.05) is 12.5 Å². The van der Waals surface area contributed by atoms with E-state index in [0.717, 1.165) is 11.3 Å². The summed E-state index contributed by atoms with van der Waals surface area (Å²) in [5, 5.41) is 11.8. The fourth-order valence-corrected chi connectivity index (χ4v) is 5.63. The van der Waals surface area contributed by atoms with E-state index < -0.39 is 39.9 Å². The predicted octanol–water partition coefficient (Wildman–Crippen LogP) is 5.55. The number of hydrogen-bond acceptors (Lipinski definition) is 5. The molecule has 0 spiro atoms. The lowest BCUT2D eigenvalue weighted by molar-refractivity contribution is -0.266. The molecule has 5 nitrogen and oxygen atoms in total. The summed E-state index contributed by atoms with van der Waals surface area (Å²) >= 11 is 7.45. The Morgan fingerprint density at radius 3 is 2.39 bits per heavy atom. The van der Waals surface area contributed by atoms with E-state index in [9.17, 15) is 26.7 Å². The molecule has 33 heavy (non-hydrogen) atoms. The van der Waals surface area contributed by atoms with Crippen molar-refractivity contribution >= 4 is 44.2 Å². The van der Waals surface area contributed by atoms with E-state index in [1.807, 2.05) is 6.26 Å². The molecule has 3 aromatic rings. The number of hydrogen-bond donors (Lipinski definition) is 2. The molecule has 180 valence electrons. The van der Waals surface area contributed by atoms with Crippen LogP contribution in [0.2, 0.25) is 5.02 Å². The van der Waals surface area contributed by atoms with Gasteiger partial charge in [-0.15, -0.1) is 11.8 Å². The van der Waals surface area contributed by atoms with Crippen molar-refractivity contribution in [3.63, 3.8) is 0 Å². The van der Waals surface area contributed by atoms with Gasteiger partial charge in [-0.1, -0.05) is 25.4 Å². The monoisotopic (exact) mass is 520 g/mol. The molecule has 2 N–H and O–H groups in total. The van der Waals surface area contributed by atoms with E-state index in [0.29, 0.717) is 11.0 Å². The van der Waals surface area contributed by atoms with Gasteiger partial charge in [0.25, 0.3) is 0 Å². The number of aliphatic hydroxyl groups is 1. The third kappa shape index (κ3) is 5.50. The maximum absolute atomic E-state index is 14.2. The second kappa shape index (κ2) is 8.79. The average molecular weight is 521 g/mol. The molecule has 3 rings (SSSR count). The highest BCUT2D eigenvalue weighted by Crippen LogP contribution is 2.45.